The molecule has 1 aliphatic carbocycles. The number of carbonyl (C=O) groups is 1. The summed E-state index contributed by atoms with van der Waals surface area (Å²) in [7, 11) is 1.63. The number of carbonyl (C=O) groups excluding carboxylic acids is 1. The molecule has 4 rings (SSSR count). The van der Waals surface area contributed by atoms with E-state index in [9.17, 15) is 9.90 Å². The minimum Gasteiger partial charge on any atom is -0.481 e. The Hall–Kier alpha value is -1.82. The molecular formula is C20H29N3O3. The van der Waals surface area contributed by atoms with Crippen LogP contribution in [0, 0.1) is 5.41 Å². The lowest BCUT2D eigenvalue weighted by molar-refractivity contribution is -0.139. The fourth-order valence-electron chi connectivity index (χ4n) is 4.97. The molecule has 142 valence electrons. The van der Waals surface area contributed by atoms with E-state index in [-0.39, 0.29) is 11.5 Å². The third-order valence-corrected chi connectivity index (χ3v) is 6.47. The molecular weight excluding hydrogens is 330 g/mol. The Morgan fingerprint density at radius 3 is 2.77 bits per heavy atom. The summed E-state index contributed by atoms with van der Waals surface area (Å²) in [6, 6.07) is 6.12. The van der Waals surface area contributed by atoms with E-state index in [1.165, 1.54) is 0 Å². The second kappa shape index (κ2) is 7.06. The van der Waals surface area contributed by atoms with Crippen LogP contribution in [-0.2, 0) is 4.79 Å². The van der Waals surface area contributed by atoms with E-state index in [1.807, 2.05) is 18.2 Å². The van der Waals surface area contributed by atoms with Crippen molar-refractivity contribution in [3.8, 4) is 5.88 Å². The quantitative estimate of drug-likeness (QED) is 0.896. The molecule has 1 aromatic heterocycles. The molecule has 1 spiro atoms. The average molecular weight is 359 g/mol. The summed E-state index contributed by atoms with van der Waals surface area (Å²) in [5.41, 5.74) is -0.265. The summed E-state index contributed by atoms with van der Waals surface area (Å²) in [5, 5.41) is 9.75. The first kappa shape index (κ1) is 17.6. The van der Waals surface area contributed by atoms with Crippen LogP contribution in [0.5, 0.6) is 5.88 Å². The SMILES string of the molecule is COc1cccc(N2CCCC3(CCN(C4CCC(O)CC4)C3=O)C2)n1. The van der Waals surface area contributed by atoms with E-state index in [0.717, 1.165) is 70.4 Å². The molecule has 6 heteroatoms. The Balaban J connectivity index is 1.48. The second-order valence-corrected chi connectivity index (χ2v) is 8.05. The number of nitrogens with zero attached hydrogens (tertiary/aromatic N) is 3. The lowest BCUT2D eigenvalue weighted by atomic mass is 9.78. The minimum atomic E-state index is -0.265. The number of piperidine rings is 1. The Kier molecular flexibility index (Phi) is 4.78. The Morgan fingerprint density at radius 2 is 2.00 bits per heavy atom. The number of rotatable bonds is 3. The molecule has 1 unspecified atom stereocenters. The highest BCUT2D eigenvalue weighted by molar-refractivity contribution is 5.86. The molecule has 1 atom stereocenters. The lowest BCUT2D eigenvalue weighted by Gasteiger charge is -2.41. The van der Waals surface area contributed by atoms with E-state index in [0.29, 0.717) is 17.8 Å². The van der Waals surface area contributed by atoms with E-state index in [2.05, 4.69) is 14.8 Å². The highest BCUT2D eigenvalue weighted by Gasteiger charge is 2.50. The van der Waals surface area contributed by atoms with Gasteiger partial charge in [-0.25, -0.2) is 0 Å². The summed E-state index contributed by atoms with van der Waals surface area (Å²) in [6.07, 6.45) is 6.25. The van der Waals surface area contributed by atoms with Gasteiger partial charge in [-0.05, 0) is 51.0 Å². The third-order valence-electron chi connectivity index (χ3n) is 6.47. The van der Waals surface area contributed by atoms with E-state index in [4.69, 9.17) is 4.74 Å². The summed E-state index contributed by atoms with van der Waals surface area (Å²) >= 11 is 0. The van der Waals surface area contributed by atoms with Crippen molar-refractivity contribution in [3.63, 3.8) is 0 Å². The number of aliphatic hydroxyl groups excluding tert-OH is 1. The third kappa shape index (κ3) is 3.15. The number of likely N-dealkylation sites (tertiary alicyclic amines) is 1. The molecule has 1 saturated carbocycles. The molecule has 1 amide bonds. The maximum absolute atomic E-state index is 13.4. The number of hydrogen-bond acceptors (Lipinski definition) is 5. The van der Waals surface area contributed by atoms with Crippen molar-refractivity contribution >= 4 is 11.7 Å². The van der Waals surface area contributed by atoms with Gasteiger partial charge in [0.25, 0.3) is 0 Å². The van der Waals surface area contributed by atoms with Gasteiger partial charge in [0.2, 0.25) is 11.8 Å². The van der Waals surface area contributed by atoms with E-state index < -0.39 is 0 Å². The van der Waals surface area contributed by atoms with Crippen LogP contribution in [-0.4, -0.2) is 59.8 Å². The molecule has 2 saturated heterocycles. The van der Waals surface area contributed by atoms with Gasteiger partial charge in [0.05, 0.1) is 18.6 Å². The maximum atomic E-state index is 13.4. The van der Waals surface area contributed by atoms with Crippen molar-refractivity contribution in [2.75, 3.05) is 31.6 Å². The van der Waals surface area contributed by atoms with Crippen molar-refractivity contribution < 1.29 is 14.6 Å². The van der Waals surface area contributed by atoms with E-state index in [1.54, 1.807) is 7.11 Å². The molecule has 0 aromatic carbocycles. The van der Waals surface area contributed by atoms with Crippen LogP contribution in [0.15, 0.2) is 18.2 Å². The lowest BCUT2D eigenvalue weighted by Crippen LogP contribution is -2.50. The number of pyridine rings is 1. The molecule has 1 N–H and O–H groups in total. The largest absolute Gasteiger partial charge is 0.481 e. The summed E-state index contributed by atoms with van der Waals surface area (Å²) in [5.74, 6) is 1.84. The van der Waals surface area contributed by atoms with Crippen LogP contribution in [0.1, 0.15) is 44.9 Å². The molecule has 0 radical (unpaired) electrons. The van der Waals surface area contributed by atoms with Gasteiger partial charge in [0, 0.05) is 31.7 Å². The molecule has 0 bridgehead atoms. The number of aromatic nitrogens is 1. The molecule has 3 aliphatic rings. The standard InChI is InChI=1S/C20H29N3O3/c1-26-18-5-2-4-17(21-18)22-12-3-10-20(14-22)11-13-23(19(20)25)15-6-8-16(24)9-7-15/h2,4-5,15-16,24H,3,6-14H2,1H3. The number of ether oxygens (including phenoxy) is 1. The van der Waals surface area contributed by atoms with Gasteiger partial charge >= 0.3 is 0 Å². The zero-order chi connectivity index (χ0) is 18.1. The monoisotopic (exact) mass is 359 g/mol. The topological polar surface area (TPSA) is 65.9 Å². The average Bonchev–Trinajstić information content (AvgIpc) is 2.98. The second-order valence-electron chi connectivity index (χ2n) is 8.05. The smallest absolute Gasteiger partial charge is 0.230 e. The fraction of sp³-hybridized carbons (Fsp3) is 0.700. The van der Waals surface area contributed by atoms with Gasteiger partial charge < -0.3 is 19.6 Å². The minimum absolute atomic E-state index is 0.178. The van der Waals surface area contributed by atoms with Crippen molar-refractivity contribution in [2.45, 2.75) is 57.1 Å². The van der Waals surface area contributed by atoms with Crippen LogP contribution in [0.2, 0.25) is 0 Å². The Morgan fingerprint density at radius 1 is 1.19 bits per heavy atom. The summed E-state index contributed by atoms with van der Waals surface area (Å²) in [4.78, 5) is 22.3. The van der Waals surface area contributed by atoms with Gasteiger partial charge in [-0.1, -0.05) is 6.07 Å². The first-order valence-corrected chi connectivity index (χ1v) is 9.86. The number of anilines is 1. The van der Waals surface area contributed by atoms with Gasteiger partial charge in [-0.15, -0.1) is 0 Å². The number of aliphatic hydroxyl groups is 1. The Bertz CT molecular complexity index is 659. The van der Waals surface area contributed by atoms with Gasteiger partial charge in [-0.2, -0.15) is 4.98 Å². The van der Waals surface area contributed by atoms with Crippen LogP contribution in [0.25, 0.3) is 0 Å². The van der Waals surface area contributed by atoms with Crippen molar-refractivity contribution in [1.29, 1.82) is 0 Å². The Labute approximate surface area is 155 Å². The first-order valence-electron chi connectivity index (χ1n) is 9.86. The van der Waals surface area contributed by atoms with Crippen molar-refractivity contribution in [1.82, 2.24) is 9.88 Å². The van der Waals surface area contributed by atoms with Gasteiger partial charge in [0.15, 0.2) is 0 Å². The fourth-order valence-corrected chi connectivity index (χ4v) is 4.97. The normalized spacial score (nSPS) is 32.3. The molecule has 3 fully saturated rings. The predicted octanol–water partition coefficient (Wildman–Crippen LogP) is 2.21. The molecule has 3 heterocycles. The zero-order valence-electron chi connectivity index (χ0n) is 15.6. The molecule has 1 aromatic rings. The molecule has 26 heavy (non-hydrogen) atoms. The highest BCUT2D eigenvalue weighted by Crippen LogP contribution is 2.43. The predicted molar refractivity (Wildman–Crippen MR) is 99.3 cm³/mol. The highest BCUT2D eigenvalue weighted by atomic mass is 16.5. The van der Waals surface area contributed by atoms with Crippen molar-refractivity contribution in [3.05, 3.63) is 18.2 Å². The molecule has 2 aliphatic heterocycles. The zero-order valence-corrected chi connectivity index (χ0v) is 15.6. The van der Waals surface area contributed by atoms with Crippen LogP contribution in [0.4, 0.5) is 5.82 Å². The first-order chi connectivity index (χ1) is 12.6. The van der Waals surface area contributed by atoms with Crippen molar-refractivity contribution in [2.24, 2.45) is 5.41 Å². The van der Waals surface area contributed by atoms with E-state index >= 15 is 0 Å². The van der Waals surface area contributed by atoms with Crippen LogP contribution >= 0.6 is 0 Å². The summed E-state index contributed by atoms with van der Waals surface area (Å²) < 4.78 is 5.26. The summed E-state index contributed by atoms with van der Waals surface area (Å²) in [6.45, 7) is 2.54. The number of hydrogen-bond donors (Lipinski definition) is 1. The maximum Gasteiger partial charge on any atom is 0.230 e. The van der Waals surface area contributed by atoms with Gasteiger partial charge in [0.1, 0.15) is 5.82 Å². The molecule has 6 nitrogen and oxygen atoms in total. The number of amides is 1. The number of methoxy groups -OCH3 is 1. The van der Waals surface area contributed by atoms with Gasteiger partial charge in [-0.3, -0.25) is 4.79 Å². The van der Waals surface area contributed by atoms with Crippen LogP contribution < -0.4 is 9.64 Å². The van der Waals surface area contributed by atoms with Crippen LogP contribution in [0.3, 0.4) is 0 Å².